The molecule has 0 bridgehead atoms. The lowest BCUT2D eigenvalue weighted by Gasteiger charge is -2.14. The van der Waals surface area contributed by atoms with Crippen molar-refractivity contribution in [2.24, 2.45) is 22.3 Å². The minimum Gasteiger partial charge on any atom is -0.480 e. The molecule has 2 aromatic heterocycles. The number of imidazole rings is 1. The van der Waals surface area contributed by atoms with Crippen LogP contribution in [0.25, 0.3) is 11.2 Å². The second-order valence-electron chi connectivity index (χ2n) is 6.71. The number of hydrogen-bond donors (Lipinski definition) is 7. The third-order valence-corrected chi connectivity index (χ3v) is 4.41. The van der Waals surface area contributed by atoms with E-state index in [0.717, 1.165) is 24.0 Å². The van der Waals surface area contributed by atoms with Crippen LogP contribution in [0, 0.1) is 0 Å². The van der Waals surface area contributed by atoms with Crippen molar-refractivity contribution in [3.63, 3.8) is 0 Å². The number of anilines is 1. The number of alkyl carbamates (subject to hydrolysis) is 1. The Hall–Kier alpha value is -3.68. The SMILES string of the molecule is NNc1ncnc2c1[nH]c[n+]2CCCCCOC(=O)N[C@@H](CCCN=C(N)N)C(=O)O. The van der Waals surface area contributed by atoms with Gasteiger partial charge in [-0.25, -0.2) is 20.0 Å². The Morgan fingerprint density at radius 3 is 2.77 bits per heavy atom. The zero-order valence-electron chi connectivity index (χ0n) is 17.1. The van der Waals surface area contributed by atoms with Crippen molar-refractivity contribution < 1.29 is 24.0 Å². The average Bonchev–Trinajstić information content (AvgIpc) is 3.15. The van der Waals surface area contributed by atoms with E-state index in [0.29, 0.717) is 25.2 Å². The van der Waals surface area contributed by atoms with Crippen LogP contribution in [0.3, 0.4) is 0 Å². The number of nitrogens with zero attached hydrogens (tertiary/aromatic N) is 4. The maximum absolute atomic E-state index is 11.8. The number of H-pyrrole nitrogens is 1. The van der Waals surface area contributed by atoms with Crippen LogP contribution in [0.5, 0.6) is 0 Å². The zero-order chi connectivity index (χ0) is 22.6. The number of aryl methyl sites for hydroxylation is 1. The first kappa shape index (κ1) is 23.6. The summed E-state index contributed by atoms with van der Waals surface area (Å²) in [6.07, 6.45) is 5.34. The van der Waals surface area contributed by atoms with Gasteiger partial charge in [-0.1, -0.05) is 4.98 Å². The van der Waals surface area contributed by atoms with Gasteiger partial charge in [-0.15, -0.1) is 0 Å². The summed E-state index contributed by atoms with van der Waals surface area (Å²) in [4.78, 5) is 38.2. The Bertz CT molecular complexity index is 896. The molecule has 14 nitrogen and oxygen atoms in total. The van der Waals surface area contributed by atoms with Gasteiger partial charge in [0.25, 0.3) is 0 Å². The van der Waals surface area contributed by atoms with Crippen molar-refractivity contribution in [2.75, 3.05) is 18.6 Å². The Morgan fingerprint density at radius 1 is 1.26 bits per heavy atom. The first-order valence-electron chi connectivity index (χ1n) is 9.82. The molecule has 0 saturated carbocycles. The van der Waals surface area contributed by atoms with Crippen molar-refractivity contribution >= 4 is 35.0 Å². The molecule has 10 N–H and O–H groups in total. The van der Waals surface area contributed by atoms with Gasteiger partial charge in [0, 0.05) is 6.54 Å². The van der Waals surface area contributed by atoms with Crippen LogP contribution in [0.15, 0.2) is 17.6 Å². The highest BCUT2D eigenvalue weighted by Crippen LogP contribution is 2.12. The maximum atomic E-state index is 11.8. The molecule has 0 aliphatic carbocycles. The van der Waals surface area contributed by atoms with E-state index >= 15 is 0 Å². The molecule has 2 rings (SSSR count). The minimum atomic E-state index is -1.14. The first-order valence-corrected chi connectivity index (χ1v) is 9.82. The Labute approximate surface area is 178 Å². The first-order chi connectivity index (χ1) is 14.9. The van der Waals surface area contributed by atoms with Crippen molar-refractivity contribution in [3.8, 4) is 0 Å². The summed E-state index contributed by atoms with van der Waals surface area (Å²) in [5.74, 6) is 4.74. The second-order valence-corrected chi connectivity index (χ2v) is 6.71. The number of carboxylic acids is 1. The summed E-state index contributed by atoms with van der Waals surface area (Å²) in [6.45, 7) is 1.19. The third kappa shape index (κ3) is 7.58. The van der Waals surface area contributed by atoms with E-state index < -0.39 is 18.1 Å². The van der Waals surface area contributed by atoms with Crippen LogP contribution >= 0.6 is 0 Å². The van der Waals surface area contributed by atoms with E-state index in [4.69, 9.17) is 22.0 Å². The molecule has 1 atom stereocenters. The van der Waals surface area contributed by atoms with Gasteiger partial charge >= 0.3 is 17.7 Å². The third-order valence-electron chi connectivity index (χ3n) is 4.41. The number of rotatable bonds is 13. The predicted octanol–water partition coefficient (Wildman–Crippen LogP) is -1.07. The molecule has 1 amide bonds. The van der Waals surface area contributed by atoms with Gasteiger partial charge in [-0.3, -0.25) is 9.98 Å². The van der Waals surface area contributed by atoms with Crippen molar-refractivity contribution in [1.29, 1.82) is 0 Å². The molecule has 0 radical (unpaired) electrons. The Kier molecular flexibility index (Phi) is 9.22. The number of aliphatic carboxylic acids is 1. The summed E-state index contributed by atoms with van der Waals surface area (Å²) < 4.78 is 7.02. The Morgan fingerprint density at radius 2 is 2.06 bits per heavy atom. The van der Waals surface area contributed by atoms with E-state index in [2.05, 4.69) is 30.7 Å². The number of aromatic amines is 1. The van der Waals surface area contributed by atoms with Crippen molar-refractivity contribution in [3.05, 3.63) is 12.7 Å². The van der Waals surface area contributed by atoms with Gasteiger partial charge in [0.15, 0.2) is 24.4 Å². The summed E-state index contributed by atoms with van der Waals surface area (Å²) >= 11 is 0. The lowest BCUT2D eigenvalue weighted by atomic mass is 10.1. The largest absolute Gasteiger partial charge is 0.480 e. The second kappa shape index (κ2) is 12.1. The number of guanidine groups is 1. The van der Waals surface area contributed by atoms with Gasteiger partial charge < -0.3 is 32.1 Å². The van der Waals surface area contributed by atoms with Crippen molar-refractivity contribution in [1.82, 2.24) is 20.3 Å². The van der Waals surface area contributed by atoms with Gasteiger partial charge in [0.1, 0.15) is 6.04 Å². The number of nitrogens with two attached hydrogens (primary N) is 3. The number of aliphatic imine (C=N–C) groups is 1. The monoisotopic (exact) mass is 437 g/mol. The number of amides is 1. The van der Waals surface area contributed by atoms with E-state index in [9.17, 15) is 14.7 Å². The molecule has 0 aliphatic rings. The smallest absolute Gasteiger partial charge is 0.407 e. The fourth-order valence-corrected chi connectivity index (χ4v) is 2.88. The molecular weight excluding hydrogens is 408 g/mol. The average molecular weight is 437 g/mol. The quantitative estimate of drug-likeness (QED) is 0.0501. The van der Waals surface area contributed by atoms with Gasteiger partial charge in [-0.05, 0) is 32.1 Å². The zero-order valence-corrected chi connectivity index (χ0v) is 17.1. The summed E-state index contributed by atoms with van der Waals surface area (Å²) in [6, 6.07) is -1.06. The number of unbranched alkanes of at least 4 members (excludes halogenated alkanes) is 2. The molecule has 14 heteroatoms. The number of ether oxygens (including phenoxy) is 1. The standard InChI is InChI=1S/C17H28N10O4/c18-16(19)21-6-4-5-11(15(28)29)25-17(30)31-8-3-1-2-7-27-10-24-12-13(26-20)22-9-23-14(12)27/h9-11H,1-8,20H2,(H7,18,19,21,22,23,25,26,28,29,30)/p+1/t11-/m0/s1. The topological polar surface area (TPSA) is 224 Å². The van der Waals surface area contributed by atoms with E-state index in [1.54, 1.807) is 6.33 Å². The lowest BCUT2D eigenvalue weighted by Crippen LogP contribution is -2.41. The minimum absolute atomic E-state index is 0.0621. The molecule has 0 spiro atoms. The molecular formula is C17H29N10O4+. The molecule has 0 unspecified atom stereocenters. The van der Waals surface area contributed by atoms with Gasteiger partial charge in [0.05, 0.1) is 13.2 Å². The van der Waals surface area contributed by atoms with E-state index in [1.165, 1.54) is 6.33 Å². The van der Waals surface area contributed by atoms with Gasteiger partial charge in [-0.2, -0.15) is 4.98 Å². The number of carboxylic acid groups (broad SMARTS) is 1. The number of carbonyl (C=O) groups is 2. The van der Waals surface area contributed by atoms with E-state index in [-0.39, 0.29) is 25.5 Å². The number of nitrogens with one attached hydrogen (secondary N) is 3. The molecule has 0 aromatic carbocycles. The number of aromatic nitrogens is 4. The maximum Gasteiger partial charge on any atom is 0.407 e. The molecule has 31 heavy (non-hydrogen) atoms. The van der Waals surface area contributed by atoms with Crippen LogP contribution in [0.1, 0.15) is 32.1 Å². The molecule has 0 aliphatic heterocycles. The highest BCUT2D eigenvalue weighted by Gasteiger charge is 2.20. The molecule has 2 aromatic rings. The predicted molar refractivity (Wildman–Crippen MR) is 112 cm³/mol. The summed E-state index contributed by atoms with van der Waals surface area (Å²) in [5, 5.41) is 11.5. The number of hydrazine groups is 1. The number of fused-ring (bicyclic) bond motifs is 1. The van der Waals surface area contributed by atoms with Crippen LogP contribution in [-0.2, 0) is 16.1 Å². The van der Waals surface area contributed by atoms with Crippen LogP contribution < -0.4 is 32.6 Å². The fraction of sp³-hybridized carbons (Fsp3) is 0.529. The Balaban J connectivity index is 1.65. The lowest BCUT2D eigenvalue weighted by molar-refractivity contribution is -0.673. The number of nitrogen functional groups attached to an aromatic ring is 1. The highest BCUT2D eigenvalue weighted by atomic mass is 16.5. The van der Waals surface area contributed by atoms with Gasteiger partial charge in [0.2, 0.25) is 5.52 Å². The van der Waals surface area contributed by atoms with Crippen molar-refractivity contribution in [2.45, 2.75) is 44.7 Å². The number of carbonyl (C=O) groups excluding carboxylic acids is 1. The van der Waals surface area contributed by atoms with E-state index in [1.807, 2.05) is 4.57 Å². The highest BCUT2D eigenvalue weighted by molar-refractivity contribution is 5.80. The van der Waals surface area contributed by atoms with Crippen LogP contribution in [0.2, 0.25) is 0 Å². The molecule has 2 heterocycles. The summed E-state index contributed by atoms with van der Waals surface area (Å²) in [5.41, 5.74) is 14.4. The summed E-state index contributed by atoms with van der Waals surface area (Å²) in [7, 11) is 0. The molecule has 0 fully saturated rings. The normalized spacial score (nSPS) is 11.6. The number of hydrogen-bond acceptors (Lipinski definition) is 8. The van der Waals surface area contributed by atoms with Crippen LogP contribution in [0.4, 0.5) is 10.6 Å². The molecule has 0 saturated heterocycles. The van der Waals surface area contributed by atoms with Crippen LogP contribution in [-0.4, -0.2) is 57.3 Å². The fourth-order valence-electron chi connectivity index (χ4n) is 2.88. The molecule has 170 valence electrons.